The van der Waals surface area contributed by atoms with Gasteiger partial charge >= 0.3 is 0 Å². The van der Waals surface area contributed by atoms with Crippen molar-refractivity contribution in [1.29, 1.82) is 0 Å². The number of rotatable bonds is 10. The number of aliphatic imine (C=N–C) groups is 1. The Morgan fingerprint density at radius 1 is 1.26 bits per heavy atom. The van der Waals surface area contributed by atoms with Crippen LogP contribution >= 0.6 is 0 Å². The Hall–Kier alpha value is -2.61. The Bertz CT molecular complexity index is 733. The van der Waals surface area contributed by atoms with Gasteiger partial charge < -0.3 is 26.0 Å². The van der Waals surface area contributed by atoms with Crippen molar-refractivity contribution in [2.45, 2.75) is 40.2 Å². The minimum Gasteiger partial charge on any atom is -0.396 e. The largest absolute Gasteiger partial charge is 0.396 e. The Balaban J connectivity index is 1.94. The molecule has 2 rings (SSSR count). The summed E-state index contributed by atoms with van der Waals surface area (Å²) < 4.78 is 0. The second kappa shape index (κ2) is 12.9. The van der Waals surface area contributed by atoms with Crippen LogP contribution in [-0.2, 0) is 11.3 Å². The van der Waals surface area contributed by atoms with Crippen LogP contribution in [0, 0.1) is 11.8 Å². The zero-order chi connectivity index (χ0) is 22.6. The first-order valence-corrected chi connectivity index (χ1v) is 11.2. The average Bonchev–Trinajstić information content (AvgIpc) is 2.75. The van der Waals surface area contributed by atoms with E-state index in [1.54, 1.807) is 17.0 Å². The molecule has 1 fully saturated rings. The average molecular weight is 432 g/mol. The second-order valence-corrected chi connectivity index (χ2v) is 8.36. The predicted octanol–water partition coefficient (Wildman–Crippen LogP) is 1.36. The summed E-state index contributed by atoms with van der Waals surface area (Å²) in [6.07, 6.45) is 1.83. The fraction of sp³-hybridized carbons (Fsp3) is 0.609. The third-order valence-corrected chi connectivity index (χ3v) is 5.19. The van der Waals surface area contributed by atoms with Crippen molar-refractivity contribution < 1.29 is 14.7 Å². The summed E-state index contributed by atoms with van der Waals surface area (Å²) in [6, 6.07) is 7.38. The normalized spacial score (nSPS) is 15.6. The van der Waals surface area contributed by atoms with Gasteiger partial charge in [0.1, 0.15) is 0 Å². The molecule has 8 nitrogen and oxygen atoms in total. The highest BCUT2D eigenvalue weighted by Gasteiger charge is 2.22. The van der Waals surface area contributed by atoms with Gasteiger partial charge in [0.15, 0.2) is 5.96 Å². The first-order valence-electron chi connectivity index (χ1n) is 11.2. The molecule has 1 aliphatic rings. The van der Waals surface area contributed by atoms with Gasteiger partial charge in [-0.2, -0.15) is 0 Å². The monoisotopic (exact) mass is 431 g/mol. The number of aliphatic hydroxyl groups is 1. The summed E-state index contributed by atoms with van der Waals surface area (Å²) in [5.74, 6) is 1.48. The van der Waals surface area contributed by atoms with Crippen LogP contribution in [-0.4, -0.2) is 67.1 Å². The van der Waals surface area contributed by atoms with E-state index in [2.05, 4.69) is 34.8 Å². The van der Waals surface area contributed by atoms with Gasteiger partial charge in [-0.15, -0.1) is 0 Å². The van der Waals surface area contributed by atoms with Gasteiger partial charge in [0.25, 0.3) is 5.91 Å². The second-order valence-electron chi connectivity index (χ2n) is 8.36. The Morgan fingerprint density at radius 3 is 2.61 bits per heavy atom. The van der Waals surface area contributed by atoms with Crippen molar-refractivity contribution >= 4 is 17.8 Å². The SMILES string of the molecule is CCNC(=NCc1ccc(C(=O)N2CCNC(=O)C2)cc1)NCC(CCO)CC(C)C. The van der Waals surface area contributed by atoms with Gasteiger partial charge in [-0.25, -0.2) is 4.99 Å². The van der Waals surface area contributed by atoms with Gasteiger partial charge in [0, 0.05) is 38.3 Å². The van der Waals surface area contributed by atoms with Crippen molar-refractivity contribution in [1.82, 2.24) is 20.9 Å². The van der Waals surface area contributed by atoms with Crippen LogP contribution in [0.3, 0.4) is 0 Å². The minimum atomic E-state index is -0.125. The molecule has 1 atom stereocenters. The topological polar surface area (TPSA) is 106 Å². The number of aliphatic hydroxyl groups excluding tert-OH is 1. The number of guanidine groups is 1. The van der Waals surface area contributed by atoms with Crippen LogP contribution in [0.5, 0.6) is 0 Å². The molecule has 1 aliphatic heterocycles. The van der Waals surface area contributed by atoms with Gasteiger partial charge in [-0.05, 0) is 49.3 Å². The zero-order valence-corrected chi connectivity index (χ0v) is 19.0. The summed E-state index contributed by atoms with van der Waals surface area (Å²) >= 11 is 0. The molecule has 0 aromatic heterocycles. The number of carbonyl (C=O) groups excluding carboxylic acids is 2. The number of nitrogens with zero attached hydrogens (tertiary/aromatic N) is 2. The molecule has 1 unspecified atom stereocenters. The maximum Gasteiger partial charge on any atom is 0.254 e. The molecule has 172 valence electrons. The first-order chi connectivity index (χ1) is 14.9. The highest BCUT2D eigenvalue weighted by Crippen LogP contribution is 2.14. The lowest BCUT2D eigenvalue weighted by Crippen LogP contribution is -2.49. The molecule has 1 saturated heterocycles. The Morgan fingerprint density at radius 2 is 2.00 bits per heavy atom. The van der Waals surface area contributed by atoms with Crippen LogP contribution in [0.2, 0.25) is 0 Å². The van der Waals surface area contributed by atoms with Crippen molar-refractivity contribution in [2.75, 3.05) is 39.3 Å². The highest BCUT2D eigenvalue weighted by molar-refractivity contribution is 5.97. The van der Waals surface area contributed by atoms with E-state index in [9.17, 15) is 14.7 Å². The summed E-state index contributed by atoms with van der Waals surface area (Å²) in [5.41, 5.74) is 1.58. The summed E-state index contributed by atoms with van der Waals surface area (Å²) in [4.78, 5) is 30.3. The van der Waals surface area contributed by atoms with Gasteiger partial charge in [0.2, 0.25) is 5.91 Å². The smallest absolute Gasteiger partial charge is 0.254 e. The van der Waals surface area contributed by atoms with Crippen molar-refractivity contribution in [3.05, 3.63) is 35.4 Å². The lowest BCUT2D eigenvalue weighted by molar-refractivity contribution is -0.123. The van der Waals surface area contributed by atoms with Gasteiger partial charge in [-0.3, -0.25) is 9.59 Å². The minimum absolute atomic E-state index is 0.108. The number of hydrogen-bond donors (Lipinski definition) is 4. The number of hydrogen-bond acceptors (Lipinski definition) is 4. The fourth-order valence-electron chi connectivity index (χ4n) is 3.65. The molecule has 0 bridgehead atoms. The number of benzene rings is 1. The van der Waals surface area contributed by atoms with Crippen LogP contribution in [0.25, 0.3) is 0 Å². The summed E-state index contributed by atoms with van der Waals surface area (Å²) in [7, 11) is 0. The van der Waals surface area contributed by atoms with E-state index in [0.29, 0.717) is 37.0 Å². The molecular weight excluding hydrogens is 394 g/mol. The molecule has 31 heavy (non-hydrogen) atoms. The Kier molecular flexibility index (Phi) is 10.3. The maximum atomic E-state index is 12.6. The molecule has 0 saturated carbocycles. The third-order valence-electron chi connectivity index (χ3n) is 5.19. The van der Waals surface area contributed by atoms with Crippen molar-refractivity contribution in [2.24, 2.45) is 16.8 Å². The van der Waals surface area contributed by atoms with Crippen LogP contribution in [0.4, 0.5) is 0 Å². The van der Waals surface area contributed by atoms with E-state index in [0.717, 1.165) is 37.5 Å². The van der Waals surface area contributed by atoms with E-state index in [1.807, 2.05) is 19.1 Å². The molecule has 2 amide bonds. The molecule has 1 aromatic carbocycles. The summed E-state index contributed by atoms with van der Waals surface area (Å²) in [5, 5.41) is 18.7. The molecule has 0 aliphatic carbocycles. The van der Waals surface area contributed by atoms with Gasteiger partial charge in [0.05, 0.1) is 13.1 Å². The quantitative estimate of drug-likeness (QED) is 0.331. The lowest BCUT2D eigenvalue weighted by atomic mass is 9.94. The predicted molar refractivity (Wildman–Crippen MR) is 123 cm³/mol. The number of piperazine rings is 1. The van der Waals surface area contributed by atoms with E-state index < -0.39 is 0 Å². The first kappa shape index (κ1) is 24.7. The molecule has 4 N–H and O–H groups in total. The third kappa shape index (κ3) is 8.57. The van der Waals surface area contributed by atoms with E-state index >= 15 is 0 Å². The molecule has 1 heterocycles. The zero-order valence-electron chi connectivity index (χ0n) is 19.0. The van der Waals surface area contributed by atoms with Crippen LogP contribution in [0.15, 0.2) is 29.3 Å². The number of amides is 2. The maximum absolute atomic E-state index is 12.6. The van der Waals surface area contributed by atoms with Gasteiger partial charge in [-0.1, -0.05) is 26.0 Å². The van der Waals surface area contributed by atoms with Crippen LogP contribution < -0.4 is 16.0 Å². The molecule has 0 radical (unpaired) electrons. The molecule has 8 heteroatoms. The highest BCUT2D eigenvalue weighted by atomic mass is 16.3. The van der Waals surface area contributed by atoms with E-state index in [4.69, 9.17) is 0 Å². The van der Waals surface area contributed by atoms with E-state index in [1.165, 1.54) is 0 Å². The lowest BCUT2D eigenvalue weighted by Gasteiger charge is -2.26. The van der Waals surface area contributed by atoms with Crippen molar-refractivity contribution in [3.8, 4) is 0 Å². The van der Waals surface area contributed by atoms with E-state index in [-0.39, 0.29) is 25.0 Å². The fourth-order valence-corrected chi connectivity index (χ4v) is 3.65. The molecule has 0 spiro atoms. The molecule has 1 aromatic rings. The molecular formula is C23H37N5O3. The van der Waals surface area contributed by atoms with Crippen molar-refractivity contribution in [3.63, 3.8) is 0 Å². The number of nitrogens with one attached hydrogen (secondary N) is 3. The Labute approximate surface area is 185 Å². The summed E-state index contributed by atoms with van der Waals surface area (Å²) in [6.45, 7) is 9.75. The standard InChI is InChI=1S/C23H37N5O3/c1-4-24-23(27-15-19(9-12-29)13-17(2)3)26-14-18-5-7-20(8-6-18)22(31)28-11-10-25-21(30)16-28/h5-8,17,19,29H,4,9-16H2,1-3H3,(H,25,30)(H2,24,26,27). The number of carbonyl (C=O) groups is 2. The van der Waals surface area contributed by atoms with Crippen LogP contribution in [0.1, 0.15) is 49.5 Å².